The molecule has 2 aromatic rings. The Labute approximate surface area is 108 Å². The lowest BCUT2D eigenvalue weighted by atomic mass is 10.2. The first-order valence-corrected chi connectivity index (χ1v) is 5.44. The van der Waals surface area contributed by atoms with Gasteiger partial charge in [0.25, 0.3) is 5.75 Å². The van der Waals surface area contributed by atoms with Crippen molar-refractivity contribution in [2.24, 2.45) is 0 Å². The fourth-order valence-corrected chi connectivity index (χ4v) is 1.77. The molecule has 0 amide bonds. The number of hydrogen-bond donors (Lipinski definition) is 0. The highest BCUT2D eigenvalue weighted by atomic mass is 16.6. The van der Waals surface area contributed by atoms with E-state index in [2.05, 4.69) is 0 Å². The van der Waals surface area contributed by atoms with Crippen molar-refractivity contribution in [3.05, 3.63) is 28.6 Å². The molecule has 0 aliphatic carbocycles. The molecule has 6 heteroatoms. The van der Waals surface area contributed by atoms with E-state index in [0.717, 1.165) is 0 Å². The number of ether oxygens (including phenoxy) is 3. The largest absolute Gasteiger partial charge is 0.496 e. The molecule has 0 bridgehead atoms. The Hall–Kier alpha value is -2.50. The predicted octanol–water partition coefficient (Wildman–Crippen LogP) is 1.74. The second-order valence-electron chi connectivity index (χ2n) is 3.68. The summed E-state index contributed by atoms with van der Waals surface area (Å²) in [5.41, 5.74) is -0.495. The molecule has 0 aliphatic rings. The van der Waals surface area contributed by atoms with E-state index in [1.54, 1.807) is 18.2 Å². The summed E-state index contributed by atoms with van der Waals surface area (Å²) in [5.74, 6) is -0.364. The molecular weight excluding hydrogens is 252 g/mol. The molecule has 0 radical (unpaired) electrons. The van der Waals surface area contributed by atoms with Crippen LogP contribution in [0.1, 0.15) is 6.92 Å². The monoisotopic (exact) mass is 264 g/mol. The third-order valence-corrected chi connectivity index (χ3v) is 2.48. The number of esters is 1. The molecule has 0 spiro atoms. The number of hydrogen-bond acceptors (Lipinski definition) is 6. The van der Waals surface area contributed by atoms with E-state index in [0.29, 0.717) is 11.1 Å². The van der Waals surface area contributed by atoms with Gasteiger partial charge >= 0.3 is 11.6 Å². The molecule has 19 heavy (non-hydrogen) atoms. The lowest BCUT2D eigenvalue weighted by molar-refractivity contribution is -0.132. The maximum absolute atomic E-state index is 11.8. The van der Waals surface area contributed by atoms with E-state index < -0.39 is 11.6 Å². The Morgan fingerprint density at radius 2 is 1.89 bits per heavy atom. The van der Waals surface area contributed by atoms with Gasteiger partial charge in [-0.3, -0.25) is 4.79 Å². The third-order valence-electron chi connectivity index (χ3n) is 2.48. The molecule has 1 aromatic carbocycles. The number of rotatable bonds is 3. The molecule has 6 nitrogen and oxygen atoms in total. The fourth-order valence-electron chi connectivity index (χ4n) is 1.77. The summed E-state index contributed by atoms with van der Waals surface area (Å²) in [5, 5.41) is 0.434. The smallest absolute Gasteiger partial charge is 0.383 e. The van der Waals surface area contributed by atoms with Gasteiger partial charge in [-0.25, -0.2) is 4.79 Å². The molecule has 0 unspecified atom stereocenters. The first-order chi connectivity index (χ1) is 9.08. The number of benzene rings is 1. The minimum atomic E-state index is -0.784. The molecule has 0 atom stereocenters. The van der Waals surface area contributed by atoms with Crippen LogP contribution in [-0.2, 0) is 4.79 Å². The summed E-state index contributed by atoms with van der Waals surface area (Å²) in [6.07, 6.45) is 0. The Kier molecular flexibility index (Phi) is 3.41. The minimum Gasteiger partial charge on any atom is -0.496 e. The van der Waals surface area contributed by atoms with Gasteiger partial charge < -0.3 is 18.6 Å². The first-order valence-electron chi connectivity index (χ1n) is 5.44. The van der Waals surface area contributed by atoms with Gasteiger partial charge in [-0.2, -0.15) is 0 Å². The van der Waals surface area contributed by atoms with E-state index in [9.17, 15) is 9.59 Å². The molecule has 1 heterocycles. The first kappa shape index (κ1) is 12.9. The van der Waals surface area contributed by atoms with Gasteiger partial charge in [0.1, 0.15) is 16.7 Å². The van der Waals surface area contributed by atoms with Crippen LogP contribution in [0.25, 0.3) is 11.0 Å². The topological polar surface area (TPSA) is 75.0 Å². The summed E-state index contributed by atoms with van der Waals surface area (Å²) in [7, 11) is 2.85. The van der Waals surface area contributed by atoms with Crippen LogP contribution in [0.2, 0.25) is 0 Å². The zero-order chi connectivity index (χ0) is 14.0. The van der Waals surface area contributed by atoms with Crippen molar-refractivity contribution in [2.45, 2.75) is 6.92 Å². The Morgan fingerprint density at radius 3 is 2.47 bits per heavy atom. The van der Waals surface area contributed by atoms with Gasteiger partial charge in [-0.1, -0.05) is 6.07 Å². The van der Waals surface area contributed by atoms with Crippen molar-refractivity contribution < 1.29 is 23.4 Å². The molecule has 100 valence electrons. The number of methoxy groups -OCH3 is 2. The average molecular weight is 264 g/mol. The maximum Gasteiger partial charge on any atom is 0.383 e. The maximum atomic E-state index is 11.8. The van der Waals surface area contributed by atoms with Gasteiger partial charge in [0, 0.05) is 6.92 Å². The molecule has 2 rings (SSSR count). The number of carbonyl (C=O) groups is 1. The van der Waals surface area contributed by atoms with Gasteiger partial charge in [-0.15, -0.1) is 0 Å². The molecule has 0 saturated carbocycles. The lowest BCUT2D eigenvalue weighted by Crippen LogP contribution is -2.12. The van der Waals surface area contributed by atoms with Gasteiger partial charge in [0.2, 0.25) is 0 Å². The molecule has 0 N–H and O–H groups in total. The Bertz CT molecular complexity index is 685. The number of carbonyl (C=O) groups excluding carboxylic acids is 1. The van der Waals surface area contributed by atoms with Gasteiger partial charge in [0.05, 0.1) is 14.2 Å². The van der Waals surface area contributed by atoms with Crippen LogP contribution in [0.5, 0.6) is 17.2 Å². The number of fused-ring (bicyclic) bond motifs is 1. The van der Waals surface area contributed by atoms with Crippen molar-refractivity contribution in [1.82, 2.24) is 0 Å². The lowest BCUT2D eigenvalue weighted by Gasteiger charge is -2.11. The van der Waals surface area contributed by atoms with Crippen LogP contribution in [0.15, 0.2) is 27.4 Å². The second kappa shape index (κ2) is 5.01. The van der Waals surface area contributed by atoms with E-state index in [1.807, 2.05) is 0 Å². The van der Waals surface area contributed by atoms with E-state index in [1.165, 1.54) is 21.1 Å². The standard InChI is InChI=1S/C13H12O6/c1-7(14)18-12-11(17-3)10-8(16-2)5-4-6-9(10)19-13(12)15/h4-6H,1-3H3. The van der Waals surface area contributed by atoms with Crippen LogP contribution in [0.3, 0.4) is 0 Å². The molecule has 1 aromatic heterocycles. The highest BCUT2D eigenvalue weighted by molar-refractivity contribution is 5.92. The summed E-state index contributed by atoms with van der Waals surface area (Å²) >= 11 is 0. The van der Waals surface area contributed by atoms with E-state index in [-0.39, 0.29) is 17.1 Å². The zero-order valence-electron chi connectivity index (χ0n) is 10.7. The quantitative estimate of drug-likeness (QED) is 0.621. The Morgan fingerprint density at radius 1 is 1.16 bits per heavy atom. The van der Waals surface area contributed by atoms with Crippen LogP contribution < -0.4 is 19.8 Å². The molecule has 0 saturated heterocycles. The summed E-state index contributed by atoms with van der Waals surface area (Å²) in [6, 6.07) is 4.96. The van der Waals surface area contributed by atoms with Crippen molar-refractivity contribution in [1.29, 1.82) is 0 Å². The molecule has 0 aliphatic heterocycles. The van der Waals surface area contributed by atoms with Gasteiger partial charge in [-0.05, 0) is 12.1 Å². The van der Waals surface area contributed by atoms with Crippen molar-refractivity contribution in [3.8, 4) is 17.2 Å². The second-order valence-corrected chi connectivity index (χ2v) is 3.68. The highest BCUT2D eigenvalue weighted by Gasteiger charge is 2.21. The van der Waals surface area contributed by atoms with Crippen LogP contribution in [0, 0.1) is 0 Å². The summed E-state index contributed by atoms with van der Waals surface area (Å²) < 4.78 is 20.3. The van der Waals surface area contributed by atoms with Crippen molar-refractivity contribution in [2.75, 3.05) is 14.2 Å². The van der Waals surface area contributed by atoms with Crippen molar-refractivity contribution >= 4 is 16.9 Å². The minimum absolute atomic E-state index is 0.110. The third kappa shape index (κ3) is 2.24. The van der Waals surface area contributed by atoms with E-state index >= 15 is 0 Å². The SMILES string of the molecule is COc1cccc2oc(=O)c(OC(C)=O)c(OC)c12. The molecule has 0 fully saturated rings. The predicted molar refractivity (Wildman–Crippen MR) is 66.9 cm³/mol. The van der Waals surface area contributed by atoms with Crippen molar-refractivity contribution in [3.63, 3.8) is 0 Å². The van der Waals surface area contributed by atoms with Crippen LogP contribution in [-0.4, -0.2) is 20.2 Å². The average Bonchev–Trinajstić information content (AvgIpc) is 2.38. The fraction of sp³-hybridized carbons (Fsp3) is 0.231. The van der Waals surface area contributed by atoms with E-state index in [4.69, 9.17) is 18.6 Å². The normalized spacial score (nSPS) is 10.3. The van der Waals surface area contributed by atoms with Crippen LogP contribution in [0.4, 0.5) is 0 Å². The van der Waals surface area contributed by atoms with Gasteiger partial charge in [0.15, 0.2) is 5.75 Å². The molecular formula is C13H12O6. The highest BCUT2D eigenvalue weighted by Crippen LogP contribution is 2.38. The Balaban J connectivity index is 2.86. The summed E-state index contributed by atoms with van der Waals surface area (Å²) in [4.78, 5) is 22.8. The summed E-state index contributed by atoms with van der Waals surface area (Å²) in [6.45, 7) is 1.19. The van der Waals surface area contributed by atoms with Crippen LogP contribution >= 0.6 is 0 Å². The zero-order valence-corrected chi connectivity index (χ0v) is 10.7.